The monoisotopic (exact) mass is 298 g/mol. The lowest BCUT2D eigenvalue weighted by Crippen LogP contribution is -2.50. The van der Waals surface area contributed by atoms with Crippen molar-refractivity contribution < 1.29 is 14.4 Å². The Balaban J connectivity index is 3.92. The van der Waals surface area contributed by atoms with Crippen LogP contribution in [0.4, 0.5) is 0 Å². The minimum Gasteiger partial charge on any atom is -0.313 e. The molecule has 0 aliphatic heterocycles. The summed E-state index contributed by atoms with van der Waals surface area (Å²) in [6.45, 7) is 3.87. The number of ketones is 3. The van der Waals surface area contributed by atoms with Gasteiger partial charge in [-0.15, -0.1) is 0 Å². The molecule has 4 N–H and O–H groups in total. The smallest absolute Gasteiger partial charge is 0.136 e. The minimum atomic E-state index is -0.965. The number of unbranched alkanes of at least 4 members (excludes halogenated alkanes) is 2. The Bertz CT molecular complexity index is 351. The molecule has 0 aromatic heterocycles. The van der Waals surface area contributed by atoms with Crippen LogP contribution >= 0.6 is 0 Å². The number of Topliss-reactive ketones (excluding diaryl/α,β-unsaturated/α-hetero) is 3. The van der Waals surface area contributed by atoms with Crippen molar-refractivity contribution >= 4 is 17.3 Å². The zero-order valence-electron chi connectivity index (χ0n) is 13.5. The van der Waals surface area contributed by atoms with Crippen molar-refractivity contribution in [3.05, 3.63) is 0 Å². The van der Waals surface area contributed by atoms with Gasteiger partial charge in [-0.25, -0.2) is 0 Å². The molecule has 0 radical (unpaired) electrons. The van der Waals surface area contributed by atoms with Crippen LogP contribution in [0.5, 0.6) is 0 Å². The van der Waals surface area contributed by atoms with E-state index in [9.17, 15) is 14.4 Å². The molecule has 0 bridgehead atoms. The Labute approximate surface area is 127 Å². The largest absolute Gasteiger partial charge is 0.313 e. The molecule has 0 heterocycles. The molecule has 0 aliphatic carbocycles. The van der Waals surface area contributed by atoms with Crippen LogP contribution in [0.3, 0.4) is 0 Å². The summed E-state index contributed by atoms with van der Waals surface area (Å²) in [4.78, 5) is 34.5. The Hall–Kier alpha value is -1.07. The van der Waals surface area contributed by atoms with Crippen molar-refractivity contribution in [3.8, 4) is 0 Å². The molecular weight excluding hydrogens is 268 g/mol. The highest BCUT2D eigenvalue weighted by molar-refractivity contribution is 5.89. The molecule has 0 atom stereocenters. The highest BCUT2D eigenvalue weighted by Gasteiger charge is 2.22. The average molecular weight is 298 g/mol. The molecule has 122 valence electrons. The number of nitrogens with two attached hydrogens (primary N) is 2. The highest BCUT2D eigenvalue weighted by Crippen LogP contribution is 2.13. The zero-order chi connectivity index (χ0) is 16.3. The molecule has 0 aromatic rings. The fourth-order valence-corrected chi connectivity index (χ4v) is 2.11. The maximum Gasteiger partial charge on any atom is 0.136 e. The van der Waals surface area contributed by atoms with Crippen molar-refractivity contribution in [1.29, 1.82) is 0 Å². The van der Waals surface area contributed by atoms with Crippen molar-refractivity contribution in [2.45, 2.75) is 83.7 Å². The van der Waals surface area contributed by atoms with E-state index >= 15 is 0 Å². The van der Waals surface area contributed by atoms with Gasteiger partial charge in [0.15, 0.2) is 0 Å². The molecule has 0 rings (SSSR count). The molecule has 0 amide bonds. The van der Waals surface area contributed by atoms with Gasteiger partial charge in [-0.1, -0.05) is 33.1 Å². The summed E-state index contributed by atoms with van der Waals surface area (Å²) in [5.74, 6) is -0.0454. The topological polar surface area (TPSA) is 103 Å². The van der Waals surface area contributed by atoms with Gasteiger partial charge in [0.25, 0.3) is 0 Å². The molecule has 0 fully saturated rings. The summed E-state index contributed by atoms with van der Waals surface area (Å²) in [5.41, 5.74) is 10.9. The molecular formula is C16H30N2O3. The number of carbonyl (C=O) groups excluding carboxylic acids is 3. The molecule has 0 aromatic carbocycles. The van der Waals surface area contributed by atoms with Gasteiger partial charge in [-0.05, 0) is 6.42 Å². The van der Waals surface area contributed by atoms with Gasteiger partial charge in [0.2, 0.25) is 0 Å². The van der Waals surface area contributed by atoms with E-state index in [-0.39, 0.29) is 49.5 Å². The fraction of sp³-hybridized carbons (Fsp3) is 0.812. The molecule has 0 saturated carbocycles. The number of rotatable bonds is 13. The summed E-state index contributed by atoms with van der Waals surface area (Å²) in [6, 6.07) is 0. The van der Waals surface area contributed by atoms with Crippen LogP contribution < -0.4 is 11.5 Å². The minimum absolute atomic E-state index is 0.0456. The van der Waals surface area contributed by atoms with Gasteiger partial charge in [0.1, 0.15) is 17.3 Å². The zero-order valence-corrected chi connectivity index (χ0v) is 13.5. The molecule has 5 nitrogen and oxygen atoms in total. The van der Waals surface area contributed by atoms with E-state index in [1.54, 1.807) is 6.92 Å². The molecule has 0 aliphatic rings. The Morgan fingerprint density at radius 2 is 1.33 bits per heavy atom. The number of hydrogen-bond donors (Lipinski definition) is 2. The van der Waals surface area contributed by atoms with Gasteiger partial charge >= 0.3 is 0 Å². The predicted octanol–water partition coefficient (Wildman–Crippen LogP) is 2.25. The first kappa shape index (κ1) is 19.9. The average Bonchev–Trinajstić information content (AvgIpc) is 2.42. The van der Waals surface area contributed by atoms with Crippen LogP contribution in [0.25, 0.3) is 0 Å². The number of hydrogen-bond acceptors (Lipinski definition) is 5. The second-order valence-corrected chi connectivity index (χ2v) is 5.84. The van der Waals surface area contributed by atoms with Gasteiger partial charge in [-0.2, -0.15) is 0 Å². The predicted molar refractivity (Wildman–Crippen MR) is 83.6 cm³/mol. The lowest BCUT2D eigenvalue weighted by Gasteiger charge is -2.23. The van der Waals surface area contributed by atoms with Crippen LogP contribution in [-0.4, -0.2) is 23.0 Å². The van der Waals surface area contributed by atoms with E-state index in [4.69, 9.17) is 11.5 Å². The molecule has 5 heteroatoms. The quantitative estimate of drug-likeness (QED) is 0.401. The fourth-order valence-electron chi connectivity index (χ4n) is 2.11. The third-order valence-electron chi connectivity index (χ3n) is 3.53. The van der Waals surface area contributed by atoms with Crippen molar-refractivity contribution in [3.63, 3.8) is 0 Å². The summed E-state index contributed by atoms with van der Waals surface area (Å²) in [7, 11) is 0. The lowest BCUT2D eigenvalue weighted by atomic mass is 9.95. The molecule has 21 heavy (non-hydrogen) atoms. The van der Waals surface area contributed by atoms with Crippen molar-refractivity contribution in [2.75, 3.05) is 0 Å². The van der Waals surface area contributed by atoms with Crippen LogP contribution in [0.2, 0.25) is 0 Å². The summed E-state index contributed by atoms with van der Waals surface area (Å²) >= 11 is 0. The molecule has 0 spiro atoms. The second kappa shape index (κ2) is 10.6. The highest BCUT2D eigenvalue weighted by atomic mass is 16.1. The van der Waals surface area contributed by atoms with Crippen LogP contribution in [-0.2, 0) is 14.4 Å². The van der Waals surface area contributed by atoms with Crippen molar-refractivity contribution in [2.24, 2.45) is 11.5 Å². The van der Waals surface area contributed by atoms with Gasteiger partial charge in [0, 0.05) is 38.5 Å². The Kier molecular flexibility index (Phi) is 10.1. The summed E-state index contributed by atoms with van der Waals surface area (Å²) in [5, 5.41) is 0. The van der Waals surface area contributed by atoms with Gasteiger partial charge in [0.05, 0.1) is 5.66 Å². The maximum atomic E-state index is 11.8. The third kappa shape index (κ3) is 11.3. The lowest BCUT2D eigenvalue weighted by molar-refractivity contribution is -0.126. The third-order valence-corrected chi connectivity index (χ3v) is 3.53. The first-order valence-electron chi connectivity index (χ1n) is 7.93. The number of carbonyl (C=O) groups is 3. The standard InChI is InChI=1S/C16H30N2O3/c1-3-5-6-11-16(17,18)12-15(21)10-9-14(20)8-7-13(19)4-2/h3-12,17-18H2,1-2H3. The molecule has 0 saturated heterocycles. The van der Waals surface area contributed by atoms with Crippen LogP contribution in [0.1, 0.15) is 78.1 Å². The first-order valence-corrected chi connectivity index (χ1v) is 7.93. The SMILES string of the molecule is CCCCCC(N)(N)CC(=O)CCC(=O)CCC(=O)CC. The summed E-state index contributed by atoms with van der Waals surface area (Å²) in [6.07, 6.45) is 5.07. The van der Waals surface area contributed by atoms with E-state index in [1.165, 1.54) is 0 Å². The maximum absolute atomic E-state index is 11.8. The van der Waals surface area contributed by atoms with E-state index in [2.05, 4.69) is 6.92 Å². The Morgan fingerprint density at radius 3 is 1.86 bits per heavy atom. The van der Waals surface area contributed by atoms with Crippen LogP contribution in [0.15, 0.2) is 0 Å². The first-order chi connectivity index (χ1) is 9.80. The van der Waals surface area contributed by atoms with E-state index in [0.717, 1.165) is 19.3 Å². The second-order valence-electron chi connectivity index (χ2n) is 5.84. The van der Waals surface area contributed by atoms with Gasteiger partial charge < -0.3 is 11.5 Å². The van der Waals surface area contributed by atoms with Gasteiger partial charge in [-0.3, -0.25) is 14.4 Å². The molecule has 0 unspecified atom stereocenters. The summed E-state index contributed by atoms with van der Waals surface area (Å²) < 4.78 is 0. The normalized spacial score (nSPS) is 11.4. The Morgan fingerprint density at radius 1 is 0.810 bits per heavy atom. The van der Waals surface area contributed by atoms with Crippen LogP contribution in [0, 0.1) is 0 Å². The van der Waals surface area contributed by atoms with E-state index in [1.807, 2.05) is 0 Å². The van der Waals surface area contributed by atoms with E-state index < -0.39 is 5.66 Å². The van der Waals surface area contributed by atoms with E-state index in [0.29, 0.717) is 12.8 Å². The van der Waals surface area contributed by atoms with Crippen molar-refractivity contribution in [1.82, 2.24) is 0 Å².